The Hall–Kier alpha value is -1.05. The average Bonchev–Trinajstić information content (AvgIpc) is 2.48. The molecule has 1 N–H and O–H groups in total. The lowest BCUT2D eigenvalue weighted by molar-refractivity contribution is 0.332. The fraction of sp³-hybridized carbons (Fsp3) is 0.562. The van der Waals surface area contributed by atoms with Gasteiger partial charge in [0.05, 0.1) is 0 Å². The lowest BCUT2D eigenvalue weighted by Gasteiger charge is -2.39. The van der Waals surface area contributed by atoms with E-state index in [0.29, 0.717) is 6.04 Å². The van der Waals surface area contributed by atoms with Gasteiger partial charge in [0.25, 0.3) is 0 Å². The molecule has 3 rings (SSSR count). The number of hydrogen-bond acceptors (Lipinski definition) is 2. The highest BCUT2D eigenvalue weighted by atomic mass is 127. The Balaban J connectivity index is 0.00000176. The number of anilines is 1. The number of hydrogen-bond donors (Lipinski definition) is 1. The minimum atomic E-state index is -0.178. The van der Waals surface area contributed by atoms with Crippen LogP contribution in [0.4, 0.5) is 10.1 Å². The smallest absolute Gasteiger partial charge is 0.193 e. The van der Waals surface area contributed by atoms with E-state index >= 15 is 0 Å². The Morgan fingerprint density at radius 1 is 1.14 bits per heavy atom. The first-order valence-electron chi connectivity index (χ1n) is 7.75. The molecule has 1 saturated heterocycles. The first-order valence-corrected chi connectivity index (χ1v) is 7.75. The number of piperazine rings is 1. The molecule has 0 spiro atoms. The minimum Gasteiger partial charge on any atom is -0.368 e. The van der Waals surface area contributed by atoms with E-state index in [0.717, 1.165) is 37.8 Å². The van der Waals surface area contributed by atoms with E-state index in [1.54, 1.807) is 0 Å². The maximum Gasteiger partial charge on any atom is 0.193 e. The van der Waals surface area contributed by atoms with E-state index in [1.807, 2.05) is 19.2 Å². The van der Waals surface area contributed by atoms with E-state index < -0.39 is 0 Å². The average molecular weight is 418 g/mol. The van der Waals surface area contributed by atoms with Gasteiger partial charge < -0.3 is 15.1 Å². The lowest BCUT2D eigenvalue weighted by Crippen LogP contribution is -2.55. The van der Waals surface area contributed by atoms with Crippen LogP contribution in [0.5, 0.6) is 0 Å². The van der Waals surface area contributed by atoms with Crippen molar-refractivity contribution in [3.8, 4) is 0 Å². The van der Waals surface area contributed by atoms with E-state index in [4.69, 9.17) is 0 Å². The third-order valence-corrected chi connectivity index (χ3v) is 4.42. The van der Waals surface area contributed by atoms with Gasteiger partial charge in [0.15, 0.2) is 5.96 Å². The highest BCUT2D eigenvalue weighted by Crippen LogP contribution is 2.19. The Labute approximate surface area is 148 Å². The number of aliphatic imine (C=N–C) groups is 1. The summed E-state index contributed by atoms with van der Waals surface area (Å²) in [6.45, 7) is 3.78. The number of guanidine groups is 1. The number of rotatable bonds is 2. The Morgan fingerprint density at radius 2 is 1.77 bits per heavy atom. The van der Waals surface area contributed by atoms with Crippen molar-refractivity contribution in [1.29, 1.82) is 0 Å². The molecule has 1 heterocycles. The summed E-state index contributed by atoms with van der Waals surface area (Å²) in [5.74, 6) is 0.848. The highest BCUT2D eigenvalue weighted by molar-refractivity contribution is 14.0. The van der Waals surface area contributed by atoms with Crippen LogP contribution in [0.25, 0.3) is 0 Å². The van der Waals surface area contributed by atoms with Gasteiger partial charge in [-0.2, -0.15) is 0 Å². The molecule has 6 heteroatoms. The maximum atomic E-state index is 13.0. The van der Waals surface area contributed by atoms with Crippen LogP contribution < -0.4 is 10.2 Å². The fourth-order valence-electron chi connectivity index (χ4n) is 2.86. The van der Waals surface area contributed by atoms with Crippen LogP contribution in [0.3, 0.4) is 0 Å². The highest BCUT2D eigenvalue weighted by Gasteiger charge is 2.24. The number of nitrogens with one attached hydrogen (secondary N) is 1. The summed E-state index contributed by atoms with van der Waals surface area (Å²) in [6, 6.07) is 7.37. The van der Waals surface area contributed by atoms with Gasteiger partial charge in [0.2, 0.25) is 0 Å². The van der Waals surface area contributed by atoms with Crippen LogP contribution in [0, 0.1) is 5.82 Å². The molecule has 0 radical (unpaired) electrons. The summed E-state index contributed by atoms with van der Waals surface area (Å²) in [5, 5.41) is 3.54. The quantitative estimate of drug-likeness (QED) is 0.455. The molecule has 22 heavy (non-hydrogen) atoms. The van der Waals surface area contributed by atoms with Crippen molar-refractivity contribution in [2.24, 2.45) is 4.99 Å². The van der Waals surface area contributed by atoms with Gasteiger partial charge in [-0.15, -0.1) is 24.0 Å². The van der Waals surface area contributed by atoms with E-state index in [-0.39, 0.29) is 29.8 Å². The van der Waals surface area contributed by atoms with Gasteiger partial charge in [-0.25, -0.2) is 4.39 Å². The molecule has 1 aliphatic heterocycles. The molecule has 0 atom stereocenters. The van der Waals surface area contributed by atoms with Crippen molar-refractivity contribution in [3.63, 3.8) is 0 Å². The second-order valence-corrected chi connectivity index (χ2v) is 5.77. The molecule has 0 amide bonds. The predicted octanol–water partition coefficient (Wildman–Crippen LogP) is 2.69. The Bertz CT molecular complexity index is 493. The predicted molar refractivity (Wildman–Crippen MR) is 99.7 cm³/mol. The van der Waals surface area contributed by atoms with E-state index in [9.17, 15) is 4.39 Å². The van der Waals surface area contributed by atoms with E-state index in [1.165, 1.54) is 31.4 Å². The fourth-order valence-corrected chi connectivity index (χ4v) is 2.86. The zero-order valence-corrected chi connectivity index (χ0v) is 15.3. The molecule has 1 saturated carbocycles. The van der Waals surface area contributed by atoms with Crippen molar-refractivity contribution in [2.45, 2.75) is 25.3 Å². The second-order valence-electron chi connectivity index (χ2n) is 5.77. The molecule has 1 aliphatic carbocycles. The van der Waals surface area contributed by atoms with Crippen LogP contribution in [-0.2, 0) is 0 Å². The molecule has 1 aromatic carbocycles. The van der Waals surface area contributed by atoms with E-state index in [2.05, 4.69) is 20.1 Å². The van der Waals surface area contributed by atoms with Crippen LogP contribution in [0.2, 0.25) is 0 Å². The lowest BCUT2D eigenvalue weighted by atomic mass is 9.93. The molecule has 2 aliphatic rings. The second kappa shape index (κ2) is 7.99. The van der Waals surface area contributed by atoms with Gasteiger partial charge in [-0.05, 0) is 43.5 Å². The summed E-state index contributed by atoms with van der Waals surface area (Å²) in [5.41, 5.74) is 1.10. The Kier molecular flexibility index (Phi) is 6.28. The molecule has 0 bridgehead atoms. The maximum absolute atomic E-state index is 13.0. The molecule has 0 unspecified atom stereocenters. The number of halogens is 2. The van der Waals surface area contributed by atoms with Crippen LogP contribution >= 0.6 is 24.0 Å². The topological polar surface area (TPSA) is 30.9 Å². The molecule has 0 aromatic heterocycles. The van der Waals surface area contributed by atoms with Gasteiger partial charge >= 0.3 is 0 Å². The molecule has 4 nitrogen and oxygen atoms in total. The SMILES string of the molecule is CN=C(NC1CCC1)N1CCN(c2ccc(F)cc2)CC1.I. The largest absolute Gasteiger partial charge is 0.368 e. The standard InChI is InChI=1S/C16H23FN4.HI/c1-18-16(19-14-3-2-4-14)21-11-9-20(10-12-21)15-7-5-13(17)6-8-15;/h5-8,14H,2-4,9-12H2,1H3,(H,18,19);1H. The van der Waals surface area contributed by atoms with Gasteiger partial charge in [0, 0.05) is 45.0 Å². The van der Waals surface area contributed by atoms with Crippen molar-refractivity contribution >= 4 is 35.6 Å². The van der Waals surface area contributed by atoms with Crippen molar-refractivity contribution < 1.29 is 4.39 Å². The molecule has 2 fully saturated rings. The Morgan fingerprint density at radius 3 is 2.27 bits per heavy atom. The molecule has 1 aromatic rings. The third kappa shape index (κ3) is 4.02. The first kappa shape index (κ1) is 17.3. The monoisotopic (exact) mass is 418 g/mol. The van der Waals surface area contributed by atoms with Gasteiger partial charge in [-0.1, -0.05) is 0 Å². The van der Waals surface area contributed by atoms with Gasteiger partial charge in [0.1, 0.15) is 5.82 Å². The summed E-state index contributed by atoms with van der Waals surface area (Å²) >= 11 is 0. The number of benzene rings is 1. The summed E-state index contributed by atoms with van der Waals surface area (Å²) < 4.78 is 13.0. The van der Waals surface area contributed by atoms with Crippen LogP contribution in [0.1, 0.15) is 19.3 Å². The van der Waals surface area contributed by atoms with Gasteiger partial charge in [-0.3, -0.25) is 4.99 Å². The third-order valence-electron chi connectivity index (χ3n) is 4.42. The summed E-state index contributed by atoms with van der Waals surface area (Å²) in [7, 11) is 1.85. The van der Waals surface area contributed by atoms with Crippen molar-refractivity contribution in [2.75, 3.05) is 38.1 Å². The van der Waals surface area contributed by atoms with Crippen molar-refractivity contribution in [3.05, 3.63) is 30.1 Å². The van der Waals surface area contributed by atoms with Crippen LogP contribution in [-0.4, -0.2) is 50.1 Å². The molecular weight excluding hydrogens is 394 g/mol. The number of nitrogens with zero attached hydrogens (tertiary/aromatic N) is 3. The zero-order chi connectivity index (χ0) is 14.7. The summed E-state index contributed by atoms with van der Waals surface area (Å²) in [6.07, 6.45) is 3.84. The normalized spacial score (nSPS) is 19.5. The van der Waals surface area contributed by atoms with Crippen LogP contribution in [0.15, 0.2) is 29.3 Å². The minimum absolute atomic E-state index is 0. The summed E-state index contributed by atoms with van der Waals surface area (Å²) in [4.78, 5) is 9.02. The molecular formula is C16H24FIN4. The molecule has 122 valence electrons. The zero-order valence-electron chi connectivity index (χ0n) is 13.0. The van der Waals surface area contributed by atoms with Crippen molar-refractivity contribution in [1.82, 2.24) is 10.2 Å². The first-order chi connectivity index (χ1) is 10.3.